The molecule has 2 aliphatic rings. The second-order valence-corrected chi connectivity index (χ2v) is 6.45. The van der Waals surface area contributed by atoms with Crippen molar-refractivity contribution in [2.24, 2.45) is 0 Å². The molecule has 25 heavy (non-hydrogen) atoms. The third-order valence-electron chi connectivity index (χ3n) is 3.96. The van der Waals surface area contributed by atoms with Gasteiger partial charge in [0, 0.05) is 0 Å². The van der Waals surface area contributed by atoms with Gasteiger partial charge < -0.3 is 5.11 Å². The molecule has 6 nitrogen and oxygen atoms in total. The zero-order valence-corrected chi connectivity index (χ0v) is 15.1. The van der Waals surface area contributed by atoms with Gasteiger partial charge in [-0.3, -0.25) is 0 Å². The van der Waals surface area contributed by atoms with Crippen molar-refractivity contribution in [3.8, 4) is 5.75 Å². The van der Waals surface area contributed by atoms with Gasteiger partial charge in [-0.2, -0.15) is 0 Å². The molecule has 7 heteroatoms. The number of phenolic OH excluding ortho intramolecular Hbond substituents is 1. The van der Waals surface area contributed by atoms with E-state index in [4.69, 9.17) is 4.84 Å². The number of allylic oxidation sites excluding steroid dienone is 2. The predicted molar refractivity (Wildman–Crippen MR) is 94.3 cm³/mol. The number of benzene rings is 1. The number of nitrogens with one attached hydrogen (secondary N) is 1. The van der Waals surface area contributed by atoms with Crippen molar-refractivity contribution < 1.29 is 9.94 Å². The fraction of sp³-hybridized carbons (Fsp3) is 0.111. The number of nitrogens with zero attached hydrogens (tertiary/aromatic N) is 3. The molecule has 4 rings (SSSR count). The summed E-state index contributed by atoms with van der Waals surface area (Å²) in [5.41, 5.74) is 4.90. The van der Waals surface area contributed by atoms with E-state index in [0.717, 1.165) is 28.2 Å². The van der Waals surface area contributed by atoms with Crippen LogP contribution in [0.4, 0.5) is 0 Å². The molecule has 1 aromatic heterocycles. The second kappa shape index (κ2) is 6.74. The van der Waals surface area contributed by atoms with Crippen molar-refractivity contribution in [3.63, 3.8) is 0 Å². The van der Waals surface area contributed by atoms with Crippen molar-refractivity contribution >= 4 is 27.0 Å². The maximum atomic E-state index is 9.38. The zero-order valence-electron chi connectivity index (χ0n) is 13.3. The van der Waals surface area contributed by atoms with E-state index in [9.17, 15) is 5.11 Å². The minimum atomic E-state index is 0.245. The molecule has 2 aromatic rings. The summed E-state index contributed by atoms with van der Waals surface area (Å²) >= 11 is 2.36. The third kappa shape index (κ3) is 3.31. The molecule has 2 aliphatic heterocycles. The van der Waals surface area contributed by atoms with Crippen molar-refractivity contribution in [2.75, 3.05) is 6.54 Å². The van der Waals surface area contributed by atoms with Gasteiger partial charge in [0.2, 0.25) is 0 Å². The van der Waals surface area contributed by atoms with E-state index in [-0.39, 0.29) is 5.75 Å². The third-order valence-corrected chi connectivity index (χ3v) is 4.41. The minimum absolute atomic E-state index is 0.245. The second-order valence-electron chi connectivity index (χ2n) is 5.61. The summed E-state index contributed by atoms with van der Waals surface area (Å²) in [6, 6.07) is 8.89. The van der Waals surface area contributed by atoms with E-state index in [1.165, 1.54) is 0 Å². The number of hydroxylamine groups is 2. The van der Waals surface area contributed by atoms with Crippen molar-refractivity contribution in [2.45, 2.75) is 6.61 Å². The molecule has 0 atom stereocenters. The summed E-state index contributed by atoms with van der Waals surface area (Å²) in [7, 11) is 0. The topological polar surface area (TPSA) is 70.5 Å². The molecule has 0 saturated carbocycles. The van der Waals surface area contributed by atoms with Gasteiger partial charge in [0.05, 0.1) is 0 Å². The molecule has 0 aliphatic carbocycles. The van der Waals surface area contributed by atoms with Gasteiger partial charge in [0.1, 0.15) is 0 Å². The number of phenols is 1. The standard InChI is InChI=1S/C18H15AsN4O2/c19-18-20-8-7-15(22-18)14-10-21-16-2-1-9-23(17(14)16)25-11-12-3-5-13(24)6-4-12/h1-9,21,24H,10-11H2. The van der Waals surface area contributed by atoms with Crippen LogP contribution in [0.1, 0.15) is 11.3 Å². The average Bonchev–Trinajstić information content (AvgIpc) is 3.06. The van der Waals surface area contributed by atoms with Crippen LogP contribution in [0.3, 0.4) is 0 Å². The molecule has 124 valence electrons. The van der Waals surface area contributed by atoms with Crippen LogP contribution < -0.4 is 9.93 Å². The Hall–Kier alpha value is -2.56. The van der Waals surface area contributed by atoms with Crippen LogP contribution in [0.2, 0.25) is 0 Å². The van der Waals surface area contributed by atoms with E-state index >= 15 is 0 Å². The number of hydrogen-bond donors (Lipinski definition) is 2. The van der Waals surface area contributed by atoms with E-state index in [1.54, 1.807) is 23.4 Å². The van der Waals surface area contributed by atoms with Gasteiger partial charge in [0.25, 0.3) is 0 Å². The monoisotopic (exact) mass is 394 g/mol. The van der Waals surface area contributed by atoms with Crippen LogP contribution in [0.15, 0.2) is 66.3 Å². The van der Waals surface area contributed by atoms with Crippen molar-refractivity contribution in [1.82, 2.24) is 20.3 Å². The molecule has 2 N–H and O–H groups in total. The van der Waals surface area contributed by atoms with E-state index in [1.807, 2.05) is 36.6 Å². The van der Waals surface area contributed by atoms with Gasteiger partial charge in [0.15, 0.2) is 0 Å². The van der Waals surface area contributed by atoms with Crippen LogP contribution in [-0.4, -0.2) is 43.5 Å². The van der Waals surface area contributed by atoms with Crippen LogP contribution >= 0.6 is 0 Å². The number of aromatic nitrogens is 2. The SMILES string of the molecule is Oc1ccc(CON2C=CC=C3NCC(c4ccnc([As])n4)=C32)cc1. The van der Waals surface area contributed by atoms with Crippen molar-refractivity contribution in [1.29, 1.82) is 0 Å². The molecule has 0 spiro atoms. The summed E-state index contributed by atoms with van der Waals surface area (Å²) < 4.78 is 0.679. The van der Waals surface area contributed by atoms with E-state index in [2.05, 4.69) is 32.1 Å². The van der Waals surface area contributed by atoms with Gasteiger partial charge in [-0.25, -0.2) is 0 Å². The Morgan fingerprint density at radius 3 is 2.88 bits per heavy atom. The number of fused-ring (bicyclic) bond motifs is 1. The van der Waals surface area contributed by atoms with Crippen molar-refractivity contribution in [3.05, 3.63) is 77.5 Å². The Morgan fingerprint density at radius 2 is 2.08 bits per heavy atom. The first-order chi connectivity index (χ1) is 12.2. The van der Waals surface area contributed by atoms with Gasteiger partial charge in [-0.15, -0.1) is 0 Å². The first-order valence-electron chi connectivity index (χ1n) is 7.79. The molecule has 3 heterocycles. The summed E-state index contributed by atoms with van der Waals surface area (Å²) in [6.07, 6.45) is 7.60. The summed E-state index contributed by atoms with van der Waals surface area (Å²) in [4.78, 5) is 14.6. The van der Waals surface area contributed by atoms with Gasteiger partial charge >= 0.3 is 149 Å². The summed E-state index contributed by atoms with van der Waals surface area (Å²) in [5.74, 6) is 0.245. The molecular formula is C18H15AsN4O2. The fourth-order valence-electron chi connectivity index (χ4n) is 2.77. The normalized spacial score (nSPS) is 15.9. The van der Waals surface area contributed by atoms with E-state index < -0.39 is 0 Å². The molecule has 0 saturated heterocycles. The molecule has 1 aromatic carbocycles. The maximum absolute atomic E-state index is 9.38. The first kappa shape index (κ1) is 15.9. The predicted octanol–water partition coefficient (Wildman–Crippen LogP) is 1.14. The Balaban J connectivity index is 1.61. The van der Waals surface area contributed by atoms with Gasteiger partial charge in [-0.1, -0.05) is 0 Å². The van der Waals surface area contributed by atoms with Gasteiger partial charge in [-0.05, 0) is 0 Å². The quantitative estimate of drug-likeness (QED) is 0.758. The van der Waals surface area contributed by atoms with Crippen LogP contribution in [0, 0.1) is 0 Å². The molecular weight excluding hydrogens is 379 g/mol. The zero-order chi connectivity index (χ0) is 17.2. The number of rotatable bonds is 4. The van der Waals surface area contributed by atoms with Crippen LogP contribution in [0.25, 0.3) is 5.57 Å². The molecule has 0 amide bonds. The van der Waals surface area contributed by atoms with Crippen LogP contribution in [-0.2, 0) is 11.4 Å². The molecule has 2 radical (unpaired) electrons. The average molecular weight is 394 g/mol. The summed E-state index contributed by atoms with van der Waals surface area (Å²) in [5, 5.41) is 14.5. The Kier molecular flexibility index (Phi) is 4.30. The molecule has 0 fully saturated rings. The Labute approximate surface area is 154 Å². The number of hydrogen-bond acceptors (Lipinski definition) is 6. The first-order valence-corrected chi connectivity index (χ1v) is 8.73. The Morgan fingerprint density at radius 1 is 1.24 bits per heavy atom. The number of aromatic hydroxyl groups is 1. The van der Waals surface area contributed by atoms with Crippen LogP contribution in [0.5, 0.6) is 5.75 Å². The Bertz CT molecular complexity index is 890. The molecule has 0 bridgehead atoms. The fourth-order valence-corrected chi connectivity index (χ4v) is 3.13. The molecule has 0 unspecified atom stereocenters. The summed E-state index contributed by atoms with van der Waals surface area (Å²) in [6.45, 7) is 1.08. The van der Waals surface area contributed by atoms with E-state index in [0.29, 0.717) is 17.8 Å².